The van der Waals surface area contributed by atoms with Gasteiger partial charge >= 0.3 is 0 Å². The van der Waals surface area contributed by atoms with Crippen molar-refractivity contribution in [1.29, 1.82) is 0 Å². The first kappa shape index (κ1) is 21.4. The number of anilines is 1. The van der Waals surface area contributed by atoms with E-state index in [2.05, 4.69) is 36.7 Å². The van der Waals surface area contributed by atoms with Crippen LogP contribution in [-0.2, 0) is 17.8 Å². The Labute approximate surface area is 176 Å². The molecule has 0 amide bonds. The zero-order valence-electron chi connectivity index (χ0n) is 16.0. The molecule has 1 fully saturated rings. The topological polar surface area (TPSA) is 87.8 Å². The van der Waals surface area contributed by atoms with Gasteiger partial charge in [0.05, 0.1) is 18.9 Å². The number of nitrogens with zero attached hydrogens (tertiary/aromatic N) is 4. The van der Waals surface area contributed by atoms with E-state index in [-0.39, 0.29) is 24.0 Å². The van der Waals surface area contributed by atoms with Crippen LogP contribution in [0.3, 0.4) is 0 Å². The second kappa shape index (κ2) is 10.5. The predicted octanol–water partition coefficient (Wildman–Crippen LogP) is 2.01. The average molecular weight is 486 g/mol. The molecular weight excluding hydrogens is 459 g/mol. The van der Waals surface area contributed by atoms with Crippen molar-refractivity contribution in [1.82, 2.24) is 20.8 Å². The van der Waals surface area contributed by atoms with Crippen LogP contribution in [0.15, 0.2) is 27.8 Å². The van der Waals surface area contributed by atoms with E-state index >= 15 is 0 Å². The third kappa shape index (κ3) is 5.80. The Morgan fingerprint density at radius 3 is 2.63 bits per heavy atom. The summed E-state index contributed by atoms with van der Waals surface area (Å²) in [4.78, 5) is 11.0. The van der Waals surface area contributed by atoms with Gasteiger partial charge < -0.3 is 24.8 Å². The van der Waals surface area contributed by atoms with Crippen LogP contribution in [0.25, 0.3) is 0 Å². The summed E-state index contributed by atoms with van der Waals surface area (Å²) in [5.41, 5.74) is 3.11. The minimum atomic E-state index is 0. The second-order valence-electron chi connectivity index (χ2n) is 6.20. The van der Waals surface area contributed by atoms with Gasteiger partial charge in [-0.05, 0) is 31.5 Å². The molecule has 2 N–H and O–H groups in total. The molecule has 1 aliphatic heterocycles. The maximum absolute atomic E-state index is 5.40. The van der Waals surface area contributed by atoms with Crippen LogP contribution in [0.5, 0.6) is 0 Å². The molecule has 0 saturated carbocycles. The van der Waals surface area contributed by atoms with E-state index in [1.54, 1.807) is 7.05 Å². The van der Waals surface area contributed by atoms with Gasteiger partial charge in [0.1, 0.15) is 11.6 Å². The molecule has 2 aromatic heterocycles. The fraction of sp³-hybridized carbons (Fsp3) is 0.500. The molecule has 0 aromatic carbocycles. The number of nitrogens with one attached hydrogen (secondary N) is 2. The summed E-state index contributed by atoms with van der Waals surface area (Å²) in [6.45, 7) is 8.41. The summed E-state index contributed by atoms with van der Waals surface area (Å²) < 4.78 is 10.6. The van der Waals surface area contributed by atoms with Gasteiger partial charge in [0.2, 0.25) is 0 Å². The fourth-order valence-electron chi connectivity index (χ4n) is 2.87. The van der Waals surface area contributed by atoms with E-state index in [1.165, 1.54) is 0 Å². The number of hydrogen-bond donors (Lipinski definition) is 2. The van der Waals surface area contributed by atoms with Crippen LogP contribution in [0.2, 0.25) is 0 Å². The Kier molecular flexibility index (Phi) is 8.29. The number of aryl methyl sites for hydroxylation is 2. The van der Waals surface area contributed by atoms with Crippen molar-refractivity contribution in [2.75, 3.05) is 38.3 Å². The summed E-state index contributed by atoms with van der Waals surface area (Å²) in [6.07, 6.45) is 1.85. The maximum atomic E-state index is 5.40. The third-order valence-corrected chi connectivity index (χ3v) is 4.44. The molecule has 3 rings (SSSR count). The lowest BCUT2D eigenvalue weighted by Crippen LogP contribution is -2.37. The van der Waals surface area contributed by atoms with Gasteiger partial charge in [-0.15, -0.1) is 24.0 Å². The zero-order chi connectivity index (χ0) is 18.4. The molecule has 1 aliphatic rings. The first-order valence-electron chi connectivity index (χ1n) is 8.81. The van der Waals surface area contributed by atoms with Crippen LogP contribution >= 0.6 is 24.0 Å². The number of aliphatic imine (C=N–C) groups is 1. The largest absolute Gasteiger partial charge is 0.378 e. The second-order valence-corrected chi connectivity index (χ2v) is 6.20. The number of aromatic nitrogens is 2. The highest BCUT2D eigenvalue weighted by atomic mass is 127. The van der Waals surface area contributed by atoms with Crippen molar-refractivity contribution in [3.8, 4) is 0 Å². The smallest absolute Gasteiger partial charge is 0.191 e. The first-order chi connectivity index (χ1) is 12.7. The molecule has 148 valence electrons. The molecule has 0 unspecified atom stereocenters. The minimum Gasteiger partial charge on any atom is -0.378 e. The lowest BCUT2D eigenvalue weighted by Gasteiger charge is -2.28. The highest BCUT2D eigenvalue weighted by molar-refractivity contribution is 14.0. The number of halogens is 1. The van der Waals surface area contributed by atoms with Crippen molar-refractivity contribution < 1.29 is 9.26 Å². The van der Waals surface area contributed by atoms with E-state index in [9.17, 15) is 0 Å². The molecule has 0 spiro atoms. The Morgan fingerprint density at radius 2 is 1.96 bits per heavy atom. The quantitative estimate of drug-likeness (QED) is 0.380. The van der Waals surface area contributed by atoms with Crippen LogP contribution in [0.1, 0.15) is 22.6 Å². The molecule has 8 nitrogen and oxygen atoms in total. The lowest BCUT2D eigenvalue weighted by atomic mass is 10.2. The van der Waals surface area contributed by atoms with Gasteiger partial charge in [-0.2, -0.15) is 0 Å². The number of pyridine rings is 1. The molecule has 2 aromatic rings. The summed E-state index contributed by atoms with van der Waals surface area (Å²) in [6, 6.07) is 4.12. The number of rotatable bonds is 5. The van der Waals surface area contributed by atoms with E-state index in [0.717, 1.165) is 60.7 Å². The number of ether oxygens (including phenoxy) is 1. The Hall–Kier alpha value is -1.88. The summed E-state index contributed by atoms with van der Waals surface area (Å²) in [5, 5.41) is 10.6. The van der Waals surface area contributed by atoms with Gasteiger partial charge in [0, 0.05) is 45.0 Å². The van der Waals surface area contributed by atoms with Crippen molar-refractivity contribution >= 4 is 35.8 Å². The Balaban J connectivity index is 0.00000261. The van der Waals surface area contributed by atoms with Crippen LogP contribution in [0, 0.1) is 13.8 Å². The molecule has 1 saturated heterocycles. The van der Waals surface area contributed by atoms with Crippen molar-refractivity contribution in [2.45, 2.75) is 26.9 Å². The van der Waals surface area contributed by atoms with Crippen LogP contribution in [0.4, 0.5) is 5.82 Å². The summed E-state index contributed by atoms with van der Waals surface area (Å²) in [7, 11) is 1.76. The molecular formula is C18H27IN6O2. The molecule has 0 bridgehead atoms. The third-order valence-electron chi connectivity index (χ3n) is 4.44. The molecule has 0 radical (unpaired) electrons. The van der Waals surface area contributed by atoms with Gasteiger partial charge in [0.15, 0.2) is 5.96 Å². The van der Waals surface area contributed by atoms with Crippen molar-refractivity contribution in [2.24, 2.45) is 4.99 Å². The van der Waals surface area contributed by atoms with Crippen LogP contribution in [-0.4, -0.2) is 49.5 Å². The van der Waals surface area contributed by atoms with E-state index in [0.29, 0.717) is 13.1 Å². The predicted molar refractivity (Wildman–Crippen MR) is 116 cm³/mol. The molecule has 27 heavy (non-hydrogen) atoms. The lowest BCUT2D eigenvalue weighted by molar-refractivity contribution is 0.122. The summed E-state index contributed by atoms with van der Waals surface area (Å²) >= 11 is 0. The van der Waals surface area contributed by atoms with Gasteiger partial charge in [-0.25, -0.2) is 4.98 Å². The van der Waals surface area contributed by atoms with E-state index in [4.69, 9.17) is 9.26 Å². The van der Waals surface area contributed by atoms with E-state index < -0.39 is 0 Å². The van der Waals surface area contributed by atoms with Crippen molar-refractivity contribution in [3.63, 3.8) is 0 Å². The van der Waals surface area contributed by atoms with Crippen LogP contribution < -0.4 is 15.5 Å². The van der Waals surface area contributed by atoms with Gasteiger partial charge in [0.25, 0.3) is 0 Å². The monoisotopic (exact) mass is 486 g/mol. The van der Waals surface area contributed by atoms with Crippen molar-refractivity contribution in [3.05, 3.63) is 40.9 Å². The number of morpholine rings is 1. The first-order valence-corrected chi connectivity index (χ1v) is 8.81. The molecule has 9 heteroatoms. The fourth-order valence-corrected chi connectivity index (χ4v) is 2.87. The van der Waals surface area contributed by atoms with Gasteiger partial charge in [-0.3, -0.25) is 4.99 Å². The normalized spacial score (nSPS) is 14.6. The average Bonchev–Trinajstić information content (AvgIpc) is 3.01. The Morgan fingerprint density at radius 1 is 1.22 bits per heavy atom. The minimum absolute atomic E-state index is 0. The zero-order valence-corrected chi connectivity index (χ0v) is 18.3. The highest BCUT2D eigenvalue weighted by Crippen LogP contribution is 2.14. The van der Waals surface area contributed by atoms with E-state index in [1.807, 2.05) is 26.1 Å². The highest BCUT2D eigenvalue weighted by Gasteiger charge is 2.13. The molecule has 0 atom stereocenters. The Bertz CT molecular complexity index is 739. The molecule has 3 heterocycles. The number of guanidine groups is 1. The maximum Gasteiger partial charge on any atom is 0.191 e. The summed E-state index contributed by atoms with van der Waals surface area (Å²) in [5.74, 6) is 2.55. The van der Waals surface area contributed by atoms with Gasteiger partial charge in [-0.1, -0.05) is 5.16 Å². The molecule has 0 aliphatic carbocycles. The SMILES string of the molecule is CN=C(NCc1ccnc(N2CCOCC2)c1)NCc1c(C)noc1C.I. The standard InChI is InChI=1S/C18H26N6O2.HI/c1-13-16(14(2)26-23-13)12-22-18(19-3)21-11-15-4-5-20-17(10-15)24-6-8-25-9-7-24;/h4-5,10H,6-9,11-12H2,1-3H3,(H2,19,21,22);1H. The number of hydrogen-bond acceptors (Lipinski definition) is 6.